The topological polar surface area (TPSA) is 351 Å². The van der Waals surface area contributed by atoms with E-state index < -0.39 is 178 Å². The first kappa shape index (κ1) is 72.7. The van der Waals surface area contributed by atoms with E-state index in [0.29, 0.717) is 68.7 Å². The van der Waals surface area contributed by atoms with Crippen LogP contribution in [-0.4, -0.2) is 171 Å². The minimum Gasteiger partial charge on any atom is -0.464 e. The molecule has 0 aromatic carbocycles. The second-order valence-electron chi connectivity index (χ2n) is 30.8. The molecule has 0 bridgehead atoms. The van der Waals surface area contributed by atoms with Crippen LogP contribution >= 0.6 is 0 Å². The highest BCUT2D eigenvalue weighted by atomic mass is 16.6. The first-order valence-electron chi connectivity index (χ1n) is 47.4. The van der Waals surface area contributed by atoms with E-state index >= 15 is 0 Å². The number of esters is 2. The maximum atomic E-state index is 12.6. The molecular weight excluding hydrogens is 1370 g/mol. The zero-order chi connectivity index (χ0) is 97.4. The van der Waals surface area contributed by atoms with Crippen molar-refractivity contribution in [2.45, 2.75) is 318 Å². The summed E-state index contributed by atoms with van der Waals surface area (Å²) in [6.07, 6.45) is -3.52. The highest BCUT2D eigenvalue weighted by molar-refractivity contribution is 5.99. The van der Waals surface area contributed by atoms with Gasteiger partial charge in [-0.15, -0.1) is 0 Å². The van der Waals surface area contributed by atoms with E-state index in [2.05, 4.69) is 40.4 Å². The first-order chi connectivity index (χ1) is 57.0. The Hall–Kier alpha value is -5.85. The number of hydrogen-bond donors (Lipinski definition) is 5. The molecule has 4 heterocycles. The SMILES string of the molecule is [2H]C([2H])([2H])C(C)C[C@H](CC(=O)[C@H]1O[C@@H]1C(=O)OCC)C(=O)NCCC(C)C.[2H]C([2H])([2H])C(C)C[C@H](CC(=O)[C@H]1O[C@@H]1C(C)=O)C(=O)NCCC(C)C.[2H]C([2H])([2H])C([2H])(C)C[C@H](CC(=O)[C@H]1O[C@@H]1C(=O)OCC)C(=O)NCCC(C)C.[2H]C([2H])([2H])C([2H])(C)C[C@H](CC(=O)[C@H]1O[C@@H]1C(C)=O)C(=O)NCCC(C)C.[2H]C([2H])([2H])C([2H])(C)C[C@H](CC)C(=O)NCCC(C)C. The maximum absolute atomic E-state index is 12.6. The highest BCUT2D eigenvalue weighted by Crippen LogP contribution is 2.32. The van der Waals surface area contributed by atoms with Gasteiger partial charge in [0.25, 0.3) is 0 Å². The molecule has 0 aromatic rings. The second kappa shape index (κ2) is 53.9. The summed E-state index contributed by atoms with van der Waals surface area (Å²) < 4.78 is 166. The van der Waals surface area contributed by atoms with Gasteiger partial charge in [0.05, 0.1) is 13.2 Å². The molecule has 0 aliphatic carbocycles. The Morgan fingerprint density at radius 1 is 0.318 bits per heavy atom. The molecule has 5 N–H and O–H groups in total. The Morgan fingerprint density at radius 3 is 0.748 bits per heavy atom. The Balaban J connectivity index is 0.00000155. The summed E-state index contributed by atoms with van der Waals surface area (Å²) in [5.41, 5.74) is 0. The minimum absolute atomic E-state index is 0.0620. The van der Waals surface area contributed by atoms with Crippen molar-refractivity contribution < 1.29 is 115 Å². The molecular formula is C83H147N5O19. The quantitative estimate of drug-likeness (QED) is 0.0279. The van der Waals surface area contributed by atoms with E-state index in [1.807, 2.05) is 62.3 Å². The van der Waals surface area contributed by atoms with Gasteiger partial charge in [-0.05, 0) is 157 Å². The van der Waals surface area contributed by atoms with Gasteiger partial charge in [-0.1, -0.05) is 145 Å². The maximum Gasteiger partial charge on any atom is 0.338 e. The number of rotatable bonds is 49. The van der Waals surface area contributed by atoms with Gasteiger partial charge in [0.2, 0.25) is 29.5 Å². The molecule has 107 heavy (non-hydrogen) atoms. The van der Waals surface area contributed by atoms with Crippen LogP contribution in [0.25, 0.3) is 0 Å². The van der Waals surface area contributed by atoms with Crippen LogP contribution in [0.3, 0.4) is 0 Å². The van der Waals surface area contributed by atoms with Gasteiger partial charge in [0.15, 0.2) is 59.1 Å². The summed E-state index contributed by atoms with van der Waals surface area (Å²) in [4.78, 5) is 157. The van der Waals surface area contributed by atoms with Crippen LogP contribution < -0.4 is 26.6 Å². The fourth-order valence-electron chi connectivity index (χ4n) is 10.9. The van der Waals surface area contributed by atoms with Crippen LogP contribution in [0.1, 0.15) is 294 Å². The molecule has 0 saturated carbocycles. The number of hydrogen-bond acceptors (Lipinski definition) is 19. The predicted octanol–water partition coefficient (Wildman–Crippen LogP) is 11.7. The van der Waals surface area contributed by atoms with Gasteiger partial charge in [-0.2, -0.15) is 0 Å². The van der Waals surface area contributed by atoms with Crippen LogP contribution in [0.4, 0.5) is 0 Å². The van der Waals surface area contributed by atoms with E-state index in [0.717, 1.165) is 32.1 Å². The standard InChI is InChI=1S/2C18H31NO5.2C17H29NO4.C13H27NO/c2*1-6-23-18(22)16-15(24-16)14(20)10-13(9-12(4)5)17(21)19-8-7-11(2)3;2*1-10(2)6-7-18-17(21)13(8-11(3)4)9-14(20)16-15(22-16)12(5)19;1-6-12(9-11(4)5)13(15)14-8-7-10(2)3/h2*11-13,15-16H,6-10H2,1-5H3,(H,19,21);2*10-11,13,15-16H,6-9H2,1-5H3,(H,18,21);10-12H,6-9H2,1-5H3,(H,14,15)/t2*13-,15-,16+;2*13-,15-,16-;12-/m11110/s1/i4D3,12D;4D3;3D3,11D;3D3;4D3,11D/t2*12?,13-,15-,16+;2*11?,13-,15-,16-;11?,12-. The highest BCUT2D eigenvalue weighted by Gasteiger charge is 2.53. The number of ketones is 6. The first-order valence-corrected chi connectivity index (χ1v) is 38.4. The monoisotopic (exact) mass is 1540 g/mol. The number of carbonyl (C=O) groups excluding carboxylic acids is 13. The number of Topliss-reactive ketones (excluding diaryl/α,β-unsaturated/α-hetero) is 6. The average Bonchev–Trinajstić information content (AvgIpc) is 1.73. The third-order valence-corrected chi connectivity index (χ3v) is 17.3. The zero-order valence-corrected chi connectivity index (χ0v) is 67.9. The van der Waals surface area contributed by atoms with Gasteiger partial charge < -0.3 is 55.0 Å². The summed E-state index contributed by atoms with van der Waals surface area (Å²) in [6.45, 7) is 25.9. The van der Waals surface area contributed by atoms with E-state index in [1.165, 1.54) is 34.6 Å². The predicted molar refractivity (Wildman–Crippen MR) is 415 cm³/mol. The molecule has 0 aromatic heterocycles. The summed E-state index contributed by atoms with van der Waals surface area (Å²) >= 11 is 0. The number of epoxide rings is 4. The lowest BCUT2D eigenvalue weighted by molar-refractivity contribution is -0.145. The Morgan fingerprint density at radius 2 is 0.542 bits per heavy atom. The minimum atomic E-state index is -2.60. The zero-order valence-electron chi connectivity index (χ0n) is 85.9. The van der Waals surface area contributed by atoms with Gasteiger partial charge >= 0.3 is 11.9 Å². The van der Waals surface area contributed by atoms with E-state index in [4.69, 9.17) is 53.1 Å². The molecule has 0 spiro atoms. The van der Waals surface area contributed by atoms with Crippen LogP contribution in [0, 0.1) is 88.7 Å². The third-order valence-electron chi connectivity index (χ3n) is 17.3. The van der Waals surface area contributed by atoms with Crippen molar-refractivity contribution in [2.24, 2.45) is 88.7 Å². The molecule has 24 heteroatoms. The van der Waals surface area contributed by atoms with Crippen LogP contribution in [0.5, 0.6) is 0 Å². The van der Waals surface area contributed by atoms with Crippen LogP contribution in [-0.2, 0) is 90.8 Å². The van der Waals surface area contributed by atoms with Crippen molar-refractivity contribution in [1.82, 2.24) is 26.6 Å². The van der Waals surface area contributed by atoms with Crippen molar-refractivity contribution in [3.63, 3.8) is 0 Å². The van der Waals surface area contributed by atoms with Gasteiger partial charge in [0.1, 0.15) is 24.4 Å². The number of ether oxygens (including phenoxy) is 6. The lowest BCUT2D eigenvalue weighted by atomic mass is 9.90. The molecule has 618 valence electrons. The molecule has 4 aliphatic rings. The number of carbonyl (C=O) groups is 13. The Bertz CT molecular complexity index is 3460. The van der Waals surface area contributed by atoms with Gasteiger partial charge in [-0.25, -0.2) is 9.59 Å². The summed E-state index contributed by atoms with van der Waals surface area (Å²) in [5, 5.41) is 13.8. The normalized spacial score (nSPS) is 25.4. The van der Waals surface area contributed by atoms with E-state index in [9.17, 15) is 62.3 Å². The fraction of sp³-hybridized carbons (Fsp3) is 0.843. The third kappa shape index (κ3) is 46.4. The van der Waals surface area contributed by atoms with Crippen LogP contribution in [0.15, 0.2) is 0 Å². The van der Waals surface area contributed by atoms with Crippen molar-refractivity contribution in [1.29, 1.82) is 0 Å². The number of nitrogens with one attached hydrogen (secondary N) is 5. The molecule has 5 amide bonds. The Labute approximate surface area is 668 Å². The molecule has 4 rings (SSSR count). The summed E-state index contributed by atoms with van der Waals surface area (Å²) in [5.74, 6) is -13.5. The molecule has 4 saturated heterocycles. The average molecular weight is 1540 g/mol. The molecule has 24 nitrogen and oxygen atoms in total. The molecule has 18 atom stereocenters. The molecule has 5 unspecified atom stereocenters. The molecule has 0 radical (unpaired) electrons. The van der Waals surface area contributed by atoms with Crippen molar-refractivity contribution in [3.8, 4) is 0 Å². The second-order valence-corrected chi connectivity index (χ2v) is 30.8. The largest absolute Gasteiger partial charge is 0.464 e. The molecule has 4 aliphatic heterocycles. The van der Waals surface area contributed by atoms with Crippen molar-refractivity contribution in [2.75, 3.05) is 45.9 Å². The summed E-state index contributed by atoms with van der Waals surface area (Å²) in [6, 6.07) is 0. The number of amides is 5. The van der Waals surface area contributed by atoms with Gasteiger partial charge in [-0.3, -0.25) is 52.7 Å². The van der Waals surface area contributed by atoms with Gasteiger partial charge in [0, 0.05) is 113 Å². The smallest absolute Gasteiger partial charge is 0.338 e. The molecule has 4 fully saturated rings. The Kier molecular flexibility index (Phi) is 36.6. The lowest BCUT2D eigenvalue weighted by Crippen LogP contribution is -2.35. The van der Waals surface area contributed by atoms with Crippen LogP contribution in [0.2, 0.25) is 0 Å². The summed E-state index contributed by atoms with van der Waals surface area (Å²) in [7, 11) is 0. The van der Waals surface area contributed by atoms with Crippen molar-refractivity contribution in [3.05, 3.63) is 0 Å². The fourth-order valence-corrected chi connectivity index (χ4v) is 10.9. The lowest BCUT2D eigenvalue weighted by Gasteiger charge is -2.18. The van der Waals surface area contributed by atoms with Crippen molar-refractivity contribution >= 4 is 76.2 Å². The van der Waals surface area contributed by atoms with E-state index in [1.54, 1.807) is 27.7 Å². The van der Waals surface area contributed by atoms with E-state index in [-0.39, 0.29) is 112 Å².